The second kappa shape index (κ2) is 11.3. The third kappa shape index (κ3) is 4.43. The van der Waals surface area contributed by atoms with E-state index in [4.69, 9.17) is 0 Å². The largest absolute Gasteiger partial charge is 0.309 e. The first-order valence-electron chi connectivity index (χ1n) is 17.9. The van der Waals surface area contributed by atoms with Gasteiger partial charge in [-0.2, -0.15) is 0 Å². The molecule has 11 rings (SSSR count). The minimum atomic E-state index is 0.387. The second-order valence-corrected chi connectivity index (χ2v) is 15.0. The number of hydrogen-bond acceptors (Lipinski definition) is 1. The van der Waals surface area contributed by atoms with Crippen LogP contribution in [0, 0.1) is 0 Å². The van der Waals surface area contributed by atoms with Gasteiger partial charge >= 0.3 is 0 Å². The zero-order valence-electron chi connectivity index (χ0n) is 28.0. The Balaban J connectivity index is 1.11. The quantitative estimate of drug-likeness (QED) is 0.182. The molecule has 1 aliphatic carbocycles. The fourth-order valence-electron chi connectivity index (χ4n) is 8.96. The third-order valence-electron chi connectivity index (χ3n) is 11.2. The number of aromatic nitrogens is 1. The monoisotopic (exact) mass is 667 g/mol. The first-order chi connectivity index (χ1) is 25.3. The summed E-state index contributed by atoms with van der Waals surface area (Å²) in [4.78, 5) is 2.65. The lowest BCUT2D eigenvalue weighted by atomic mass is 9.86. The lowest BCUT2D eigenvalue weighted by Gasteiger charge is -2.21. The summed E-state index contributed by atoms with van der Waals surface area (Å²) in [7, 11) is 0. The van der Waals surface area contributed by atoms with Crippen LogP contribution >= 0.6 is 11.8 Å². The molecule has 0 bridgehead atoms. The van der Waals surface area contributed by atoms with Gasteiger partial charge in [0, 0.05) is 37.6 Å². The average molecular weight is 668 g/mol. The third-order valence-corrected chi connectivity index (χ3v) is 12.4. The molecule has 2 aliphatic rings. The van der Waals surface area contributed by atoms with Crippen LogP contribution in [0.3, 0.4) is 0 Å². The lowest BCUT2D eigenvalue weighted by Crippen LogP contribution is -2.01. The van der Waals surface area contributed by atoms with Crippen LogP contribution in [0.4, 0.5) is 0 Å². The molecule has 51 heavy (non-hydrogen) atoms. The van der Waals surface area contributed by atoms with E-state index in [0.29, 0.717) is 5.92 Å². The SMILES string of the molecule is c1ccc([C@@H]2CCc3cc(-c4ccc5c6c7cccc8c7c(cc6n(-c6ccccc6)c5c4)Sc4ccccc4-8)ccc3-c3ccccc32)cc1. The fraction of sp³-hybridized carbons (Fsp3) is 0.0612. The van der Waals surface area contributed by atoms with Crippen molar-refractivity contribution in [1.29, 1.82) is 0 Å². The normalized spacial score (nSPS) is 14.6. The van der Waals surface area contributed by atoms with E-state index in [1.54, 1.807) is 0 Å². The van der Waals surface area contributed by atoms with Gasteiger partial charge in [-0.25, -0.2) is 0 Å². The van der Waals surface area contributed by atoms with Gasteiger partial charge in [0.25, 0.3) is 0 Å². The molecule has 1 nitrogen and oxygen atoms in total. The van der Waals surface area contributed by atoms with Crippen molar-refractivity contribution in [2.24, 2.45) is 0 Å². The molecule has 2 heterocycles. The van der Waals surface area contributed by atoms with Gasteiger partial charge in [0.2, 0.25) is 0 Å². The van der Waals surface area contributed by atoms with Crippen LogP contribution in [0.5, 0.6) is 0 Å². The van der Waals surface area contributed by atoms with Crippen LogP contribution in [0.1, 0.15) is 29.0 Å². The van der Waals surface area contributed by atoms with E-state index in [1.807, 2.05) is 11.8 Å². The minimum absolute atomic E-state index is 0.387. The van der Waals surface area contributed by atoms with Crippen molar-refractivity contribution < 1.29 is 0 Å². The summed E-state index contributed by atoms with van der Waals surface area (Å²) in [5, 5.41) is 5.31. The highest BCUT2D eigenvalue weighted by molar-refractivity contribution is 7.99. The van der Waals surface area contributed by atoms with Gasteiger partial charge in [-0.05, 0) is 98.6 Å². The summed E-state index contributed by atoms with van der Waals surface area (Å²) in [5.74, 6) is 0.387. The summed E-state index contributed by atoms with van der Waals surface area (Å²) in [5.41, 5.74) is 15.9. The van der Waals surface area contributed by atoms with E-state index in [1.165, 1.54) is 98.1 Å². The molecule has 1 atom stereocenters. The van der Waals surface area contributed by atoms with Gasteiger partial charge in [0.15, 0.2) is 0 Å². The highest BCUT2D eigenvalue weighted by Gasteiger charge is 2.26. The number of nitrogens with zero attached hydrogens (tertiary/aromatic N) is 1. The summed E-state index contributed by atoms with van der Waals surface area (Å²) in [6, 6.07) is 63.4. The number of rotatable bonds is 3. The van der Waals surface area contributed by atoms with Crippen molar-refractivity contribution in [3.05, 3.63) is 187 Å². The molecule has 0 saturated heterocycles. The Kier molecular flexibility index (Phi) is 6.44. The molecular formula is C49H33NS. The fourth-order valence-corrected chi connectivity index (χ4v) is 10.1. The van der Waals surface area contributed by atoms with Crippen molar-refractivity contribution in [3.63, 3.8) is 0 Å². The van der Waals surface area contributed by atoms with Gasteiger partial charge < -0.3 is 4.57 Å². The van der Waals surface area contributed by atoms with Crippen LogP contribution < -0.4 is 0 Å². The summed E-state index contributed by atoms with van der Waals surface area (Å²) >= 11 is 1.90. The van der Waals surface area contributed by atoms with E-state index in [0.717, 1.165) is 12.8 Å². The molecule has 9 aromatic rings. The highest BCUT2D eigenvalue weighted by Crippen LogP contribution is 2.51. The van der Waals surface area contributed by atoms with Crippen molar-refractivity contribution in [1.82, 2.24) is 4.57 Å². The zero-order chi connectivity index (χ0) is 33.5. The standard InChI is InChI=1S/C49H33NS/c1-3-12-31(13-4-1)36-26-24-34-28-32(22-25-37(34)39-17-8-7-16-38(36)39)33-23-27-42-44(29-33)50(35-14-5-2-6-15-35)45-30-47-49-41(19-11-20-43(49)48(42)45)40-18-9-10-21-46(40)51-47/h1-23,25,27-30,36H,24,26H2/t36-/m0/s1. The summed E-state index contributed by atoms with van der Waals surface area (Å²) in [6.45, 7) is 0. The van der Waals surface area contributed by atoms with Gasteiger partial charge in [0.05, 0.1) is 11.0 Å². The maximum absolute atomic E-state index is 2.49. The molecule has 2 heteroatoms. The molecule has 0 unspecified atom stereocenters. The van der Waals surface area contributed by atoms with Crippen LogP contribution in [-0.4, -0.2) is 4.57 Å². The van der Waals surface area contributed by atoms with Crippen LogP contribution in [0.15, 0.2) is 180 Å². The molecule has 240 valence electrons. The summed E-state index contributed by atoms with van der Waals surface area (Å²) < 4.78 is 2.49. The summed E-state index contributed by atoms with van der Waals surface area (Å²) in [6.07, 6.45) is 2.14. The van der Waals surface area contributed by atoms with Crippen molar-refractivity contribution in [2.45, 2.75) is 28.6 Å². The number of fused-ring (bicyclic) bond motifs is 9. The highest BCUT2D eigenvalue weighted by atomic mass is 32.2. The second-order valence-electron chi connectivity index (χ2n) is 14.0. The zero-order valence-corrected chi connectivity index (χ0v) is 28.8. The first kappa shape index (κ1) is 29.0. The van der Waals surface area contributed by atoms with E-state index in [2.05, 4.69) is 174 Å². The Bertz CT molecular complexity index is 2830. The van der Waals surface area contributed by atoms with E-state index in [-0.39, 0.29) is 0 Å². The number of hydrogen-bond donors (Lipinski definition) is 0. The smallest absolute Gasteiger partial charge is 0.0558 e. The number of benzene rings is 8. The van der Waals surface area contributed by atoms with Crippen molar-refractivity contribution in [3.8, 4) is 39.1 Å². The molecule has 0 saturated carbocycles. The van der Waals surface area contributed by atoms with E-state index >= 15 is 0 Å². The van der Waals surface area contributed by atoms with Crippen molar-refractivity contribution >= 4 is 44.3 Å². The molecule has 0 radical (unpaired) electrons. The van der Waals surface area contributed by atoms with Crippen molar-refractivity contribution in [2.75, 3.05) is 0 Å². The number of aryl methyl sites for hydroxylation is 1. The first-order valence-corrected chi connectivity index (χ1v) is 18.8. The van der Waals surface area contributed by atoms with Crippen LogP contribution in [0.2, 0.25) is 0 Å². The molecule has 1 aromatic heterocycles. The lowest BCUT2D eigenvalue weighted by molar-refractivity contribution is 0.726. The Labute approximate surface area is 301 Å². The van der Waals surface area contributed by atoms with Gasteiger partial charge in [-0.1, -0.05) is 151 Å². The Hall–Kier alpha value is -5.83. The maximum Gasteiger partial charge on any atom is 0.0558 e. The molecular weight excluding hydrogens is 635 g/mol. The topological polar surface area (TPSA) is 4.93 Å². The molecule has 0 spiro atoms. The minimum Gasteiger partial charge on any atom is -0.309 e. The number of para-hydroxylation sites is 1. The van der Waals surface area contributed by atoms with Gasteiger partial charge in [0.1, 0.15) is 0 Å². The predicted octanol–water partition coefficient (Wildman–Crippen LogP) is 13.5. The Morgan fingerprint density at radius 2 is 1.20 bits per heavy atom. The molecule has 0 amide bonds. The van der Waals surface area contributed by atoms with Gasteiger partial charge in [-0.3, -0.25) is 0 Å². The van der Waals surface area contributed by atoms with Gasteiger partial charge in [-0.15, -0.1) is 0 Å². The average Bonchev–Trinajstić information content (AvgIpc) is 3.42. The molecule has 8 aromatic carbocycles. The molecule has 0 N–H and O–H groups in total. The van der Waals surface area contributed by atoms with E-state index in [9.17, 15) is 0 Å². The molecule has 0 fully saturated rings. The van der Waals surface area contributed by atoms with Crippen LogP contribution in [-0.2, 0) is 6.42 Å². The Morgan fingerprint density at radius 3 is 2.08 bits per heavy atom. The maximum atomic E-state index is 2.49. The predicted molar refractivity (Wildman–Crippen MR) is 215 cm³/mol. The van der Waals surface area contributed by atoms with Crippen LogP contribution in [0.25, 0.3) is 71.6 Å². The molecule has 1 aliphatic heterocycles. The Morgan fingerprint density at radius 1 is 0.471 bits per heavy atom. The van der Waals surface area contributed by atoms with E-state index < -0.39 is 0 Å².